The predicted octanol–water partition coefficient (Wildman–Crippen LogP) is 2.30. The summed E-state index contributed by atoms with van der Waals surface area (Å²) in [5, 5.41) is 5.16. The number of amides is 4. The molecule has 0 radical (unpaired) electrons. The van der Waals surface area contributed by atoms with E-state index in [1.54, 1.807) is 30.3 Å². The number of carbonyl (C=O) groups excluding carboxylic acids is 3. The van der Waals surface area contributed by atoms with Crippen molar-refractivity contribution in [3.8, 4) is 0 Å². The van der Waals surface area contributed by atoms with E-state index in [0.29, 0.717) is 12.1 Å². The molecule has 6 nitrogen and oxygen atoms in total. The summed E-state index contributed by atoms with van der Waals surface area (Å²) >= 11 is 0. The van der Waals surface area contributed by atoms with Gasteiger partial charge < -0.3 is 10.6 Å². The molecule has 0 atom stereocenters. The van der Waals surface area contributed by atoms with Crippen molar-refractivity contribution in [2.45, 2.75) is 6.42 Å². The number of imide groups is 1. The number of allylic oxidation sites excluding steroid dienone is 1. The first-order valence-corrected chi connectivity index (χ1v) is 7.85. The summed E-state index contributed by atoms with van der Waals surface area (Å²) in [5.41, 5.74) is 1.83. The summed E-state index contributed by atoms with van der Waals surface area (Å²) in [7, 11) is 0. The Bertz CT molecular complexity index is 816. The van der Waals surface area contributed by atoms with Crippen molar-refractivity contribution in [2.24, 2.45) is 0 Å². The van der Waals surface area contributed by atoms with Gasteiger partial charge in [0.25, 0.3) is 5.91 Å². The van der Waals surface area contributed by atoms with Crippen LogP contribution in [0, 0.1) is 0 Å². The van der Waals surface area contributed by atoms with E-state index in [4.69, 9.17) is 0 Å². The Hall–Kier alpha value is -3.41. The van der Waals surface area contributed by atoms with E-state index in [1.807, 2.05) is 36.4 Å². The number of nitrogens with one attached hydrogen (secondary N) is 2. The van der Waals surface area contributed by atoms with Crippen molar-refractivity contribution in [2.75, 3.05) is 11.9 Å². The van der Waals surface area contributed by atoms with Crippen molar-refractivity contribution in [1.82, 2.24) is 10.2 Å². The summed E-state index contributed by atoms with van der Waals surface area (Å²) in [6.07, 6.45) is 2.18. The minimum atomic E-state index is -0.590. The molecule has 126 valence electrons. The molecule has 0 unspecified atom stereocenters. The molecule has 0 bridgehead atoms. The standard InChI is InChI=1S/C19H17N3O3/c23-17(20-15-9-5-2-6-10-15)13-22-18(24)16(21-19(22)25)12-11-14-7-3-1-4-8-14/h1-10,12H,11,13H2,(H,20,23)(H,21,25)/b16-12-. The van der Waals surface area contributed by atoms with Crippen molar-refractivity contribution < 1.29 is 14.4 Å². The molecule has 0 spiro atoms. The lowest BCUT2D eigenvalue weighted by atomic mass is 10.1. The van der Waals surface area contributed by atoms with Crippen LogP contribution >= 0.6 is 0 Å². The van der Waals surface area contributed by atoms with E-state index in [0.717, 1.165) is 10.5 Å². The number of carbonyl (C=O) groups is 3. The number of para-hydroxylation sites is 1. The molecule has 2 N–H and O–H groups in total. The molecular formula is C19H17N3O3. The van der Waals surface area contributed by atoms with Gasteiger partial charge in [0.2, 0.25) is 5.91 Å². The van der Waals surface area contributed by atoms with Gasteiger partial charge in [-0.3, -0.25) is 9.59 Å². The third-order valence-electron chi connectivity index (χ3n) is 3.71. The highest BCUT2D eigenvalue weighted by atomic mass is 16.2. The second kappa shape index (κ2) is 7.44. The van der Waals surface area contributed by atoms with Gasteiger partial charge in [-0.25, -0.2) is 9.69 Å². The number of hydrogen-bond acceptors (Lipinski definition) is 3. The molecule has 1 aliphatic heterocycles. The summed E-state index contributed by atoms with van der Waals surface area (Å²) in [5.74, 6) is -0.928. The van der Waals surface area contributed by atoms with Crippen LogP contribution in [0.25, 0.3) is 0 Å². The maximum absolute atomic E-state index is 12.3. The van der Waals surface area contributed by atoms with Crippen LogP contribution in [0.15, 0.2) is 72.4 Å². The molecule has 2 aromatic rings. The molecule has 1 fully saturated rings. The van der Waals surface area contributed by atoms with Crippen molar-refractivity contribution >= 4 is 23.5 Å². The monoisotopic (exact) mass is 335 g/mol. The van der Waals surface area contributed by atoms with Crippen LogP contribution in [0.5, 0.6) is 0 Å². The fourth-order valence-electron chi connectivity index (χ4n) is 2.46. The van der Waals surface area contributed by atoms with Gasteiger partial charge in [-0.05, 0) is 24.1 Å². The van der Waals surface area contributed by atoms with Gasteiger partial charge in [-0.1, -0.05) is 54.6 Å². The van der Waals surface area contributed by atoms with Crippen LogP contribution in [0.3, 0.4) is 0 Å². The van der Waals surface area contributed by atoms with Crippen LogP contribution in [0.1, 0.15) is 5.56 Å². The molecule has 1 aliphatic rings. The predicted molar refractivity (Wildman–Crippen MR) is 93.5 cm³/mol. The third-order valence-corrected chi connectivity index (χ3v) is 3.71. The Morgan fingerprint density at radius 1 is 1.00 bits per heavy atom. The summed E-state index contributed by atoms with van der Waals surface area (Å²) < 4.78 is 0. The van der Waals surface area contributed by atoms with Gasteiger partial charge >= 0.3 is 6.03 Å². The largest absolute Gasteiger partial charge is 0.329 e. The number of hydrogen-bond donors (Lipinski definition) is 2. The van der Waals surface area contributed by atoms with E-state index in [2.05, 4.69) is 10.6 Å². The minimum Gasteiger partial charge on any atom is -0.325 e. The quantitative estimate of drug-likeness (QED) is 0.650. The van der Waals surface area contributed by atoms with Crippen molar-refractivity contribution in [3.05, 3.63) is 78.0 Å². The van der Waals surface area contributed by atoms with Crippen LogP contribution in [0.4, 0.5) is 10.5 Å². The molecule has 1 heterocycles. The lowest BCUT2D eigenvalue weighted by Gasteiger charge is -2.11. The number of benzene rings is 2. The highest BCUT2D eigenvalue weighted by Crippen LogP contribution is 2.12. The van der Waals surface area contributed by atoms with Crippen LogP contribution in [0.2, 0.25) is 0 Å². The summed E-state index contributed by atoms with van der Waals surface area (Å²) in [6.45, 7) is -0.331. The Balaban J connectivity index is 1.62. The Labute approximate surface area is 145 Å². The molecule has 1 saturated heterocycles. The first-order chi connectivity index (χ1) is 12.1. The Morgan fingerprint density at radius 3 is 2.32 bits per heavy atom. The first-order valence-electron chi connectivity index (χ1n) is 7.85. The van der Waals surface area contributed by atoms with E-state index in [-0.39, 0.29) is 12.2 Å². The van der Waals surface area contributed by atoms with Crippen molar-refractivity contribution in [1.29, 1.82) is 0 Å². The number of anilines is 1. The van der Waals surface area contributed by atoms with Crippen molar-refractivity contribution in [3.63, 3.8) is 0 Å². The molecule has 25 heavy (non-hydrogen) atoms. The normalized spacial score (nSPS) is 15.4. The zero-order valence-corrected chi connectivity index (χ0v) is 13.4. The highest BCUT2D eigenvalue weighted by molar-refractivity contribution is 6.13. The lowest BCUT2D eigenvalue weighted by molar-refractivity contribution is -0.127. The summed E-state index contributed by atoms with van der Waals surface area (Å²) in [6, 6.07) is 17.9. The van der Waals surface area contributed by atoms with Gasteiger partial charge in [-0.2, -0.15) is 0 Å². The van der Waals surface area contributed by atoms with Crippen LogP contribution in [-0.4, -0.2) is 29.3 Å². The maximum Gasteiger partial charge on any atom is 0.329 e. The molecule has 0 saturated carbocycles. The highest BCUT2D eigenvalue weighted by Gasteiger charge is 2.34. The fraction of sp³-hybridized carbons (Fsp3) is 0.105. The number of nitrogens with zero attached hydrogens (tertiary/aromatic N) is 1. The van der Waals surface area contributed by atoms with E-state index < -0.39 is 17.8 Å². The smallest absolute Gasteiger partial charge is 0.325 e. The zero-order chi connectivity index (χ0) is 17.6. The fourth-order valence-corrected chi connectivity index (χ4v) is 2.46. The second-order valence-electron chi connectivity index (χ2n) is 5.54. The average molecular weight is 335 g/mol. The first kappa shape index (κ1) is 16.4. The molecule has 0 aliphatic carbocycles. The molecule has 4 amide bonds. The van der Waals surface area contributed by atoms with Gasteiger partial charge in [0, 0.05) is 5.69 Å². The Kier molecular flexibility index (Phi) is 4.89. The SMILES string of the molecule is O=C(CN1C(=O)N/C(=C\Cc2ccccc2)C1=O)Nc1ccccc1. The topological polar surface area (TPSA) is 78.5 Å². The third kappa shape index (κ3) is 4.11. The molecule has 0 aromatic heterocycles. The minimum absolute atomic E-state index is 0.196. The molecule has 3 rings (SSSR count). The average Bonchev–Trinajstić information content (AvgIpc) is 2.89. The van der Waals surface area contributed by atoms with Gasteiger partial charge in [0.05, 0.1) is 0 Å². The van der Waals surface area contributed by atoms with Gasteiger partial charge in [0.1, 0.15) is 12.2 Å². The second-order valence-corrected chi connectivity index (χ2v) is 5.54. The van der Waals surface area contributed by atoms with E-state index >= 15 is 0 Å². The summed E-state index contributed by atoms with van der Waals surface area (Å²) in [4.78, 5) is 37.2. The van der Waals surface area contributed by atoms with E-state index in [9.17, 15) is 14.4 Å². The number of rotatable bonds is 5. The Morgan fingerprint density at radius 2 is 1.64 bits per heavy atom. The van der Waals surface area contributed by atoms with Gasteiger partial charge in [0.15, 0.2) is 0 Å². The molecular weight excluding hydrogens is 318 g/mol. The maximum atomic E-state index is 12.3. The van der Waals surface area contributed by atoms with E-state index in [1.165, 1.54) is 0 Å². The zero-order valence-electron chi connectivity index (χ0n) is 13.4. The van der Waals surface area contributed by atoms with Crippen LogP contribution < -0.4 is 10.6 Å². The molecule has 2 aromatic carbocycles. The number of urea groups is 1. The lowest BCUT2D eigenvalue weighted by Crippen LogP contribution is -2.38. The van der Waals surface area contributed by atoms with Gasteiger partial charge in [-0.15, -0.1) is 0 Å². The van der Waals surface area contributed by atoms with Crippen LogP contribution in [-0.2, 0) is 16.0 Å². The molecule has 6 heteroatoms.